The average molecular weight is 286 g/mol. The van der Waals surface area contributed by atoms with Crippen molar-refractivity contribution in [1.82, 2.24) is 4.98 Å². The molecule has 0 radical (unpaired) electrons. The number of hydrogen-bond acceptors (Lipinski definition) is 4. The maximum Gasteiger partial charge on any atom is 0.332 e. The number of hydrogen-bond donors (Lipinski definition) is 2. The molecule has 2 atom stereocenters. The van der Waals surface area contributed by atoms with Crippen molar-refractivity contribution in [1.29, 1.82) is 0 Å². The van der Waals surface area contributed by atoms with Gasteiger partial charge < -0.3 is 15.2 Å². The summed E-state index contributed by atoms with van der Waals surface area (Å²) in [5, 5.41) is 13.3. The molecule has 2 N–H and O–H groups in total. The molecule has 5 heteroatoms. The van der Waals surface area contributed by atoms with E-state index in [9.17, 15) is 4.79 Å². The topological polar surface area (TPSA) is 71.5 Å². The van der Waals surface area contributed by atoms with Gasteiger partial charge in [0.2, 0.25) is 0 Å². The number of rotatable bonds is 4. The van der Waals surface area contributed by atoms with Crippen LogP contribution < -0.4 is 5.32 Å². The number of aliphatic carboxylic acids is 1. The fourth-order valence-corrected chi connectivity index (χ4v) is 2.65. The number of ether oxygens (including phenoxy) is 1. The van der Waals surface area contributed by atoms with E-state index in [2.05, 4.69) is 16.4 Å². The Morgan fingerprint density at radius 2 is 2.24 bits per heavy atom. The van der Waals surface area contributed by atoms with Gasteiger partial charge in [0.15, 0.2) is 6.10 Å². The van der Waals surface area contributed by atoms with Gasteiger partial charge in [-0.1, -0.05) is 18.2 Å². The molecule has 3 rings (SSSR count). The minimum absolute atomic E-state index is 0.0706. The summed E-state index contributed by atoms with van der Waals surface area (Å²) in [4.78, 5) is 15.5. The van der Waals surface area contributed by atoms with Crippen molar-refractivity contribution >= 4 is 22.7 Å². The first-order valence-electron chi connectivity index (χ1n) is 7.12. The second kappa shape index (κ2) is 5.69. The molecule has 1 aromatic heterocycles. The van der Waals surface area contributed by atoms with Gasteiger partial charge in [0.1, 0.15) is 5.82 Å². The summed E-state index contributed by atoms with van der Waals surface area (Å²) < 4.78 is 5.48. The number of aryl methyl sites for hydroxylation is 1. The fourth-order valence-electron chi connectivity index (χ4n) is 2.65. The van der Waals surface area contributed by atoms with Crippen LogP contribution in [-0.2, 0) is 9.53 Å². The summed E-state index contributed by atoms with van der Waals surface area (Å²) in [5.41, 5.74) is 2.02. The van der Waals surface area contributed by atoms with Crippen molar-refractivity contribution in [2.24, 2.45) is 0 Å². The molecule has 0 bridgehead atoms. The second-order valence-electron chi connectivity index (χ2n) is 5.39. The third kappa shape index (κ3) is 2.97. The molecule has 1 saturated heterocycles. The Hall–Kier alpha value is -2.14. The number of carboxylic acid groups (broad SMARTS) is 1. The zero-order chi connectivity index (χ0) is 14.8. The lowest BCUT2D eigenvalue weighted by atomic mass is 10.1. The maximum absolute atomic E-state index is 10.9. The zero-order valence-electron chi connectivity index (χ0n) is 11.9. The predicted molar refractivity (Wildman–Crippen MR) is 80.5 cm³/mol. The molecule has 0 spiro atoms. The molecule has 2 unspecified atom stereocenters. The van der Waals surface area contributed by atoms with Crippen LogP contribution in [0.4, 0.5) is 5.82 Å². The van der Waals surface area contributed by atoms with Gasteiger partial charge in [-0.2, -0.15) is 0 Å². The molecule has 1 aliphatic heterocycles. The summed E-state index contributed by atoms with van der Waals surface area (Å²) >= 11 is 0. The zero-order valence-corrected chi connectivity index (χ0v) is 11.9. The van der Waals surface area contributed by atoms with Crippen molar-refractivity contribution < 1.29 is 14.6 Å². The number of anilines is 1. The highest BCUT2D eigenvalue weighted by atomic mass is 16.5. The first kappa shape index (κ1) is 13.8. The first-order chi connectivity index (χ1) is 10.1. The third-order valence-corrected chi connectivity index (χ3v) is 3.79. The molecule has 1 fully saturated rings. The first-order valence-corrected chi connectivity index (χ1v) is 7.12. The van der Waals surface area contributed by atoms with Crippen LogP contribution in [0.3, 0.4) is 0 Å². The number of nitrogens with one attached hydrogen (secondary N) is 1. The second-order valence-corrected chi connectivity index (χ2v) is 5.39. The van der Waals surface area contributed by atoms with Crippen LogP contribution in [0.25, 0.3) is 10.9 Å². The van der Waals surface area contributed by atoms with E-state index in [4.69, 9.17) is 9.84 Å². The van der Waals surface area contributed by atoms with E-state index < -0.39 is 12.1 Å². The van der Waals surface area contributed by atoms with Crippen LogP contribution >= 0.6 is 0 Å². The average Bonchev–Trinajstić information content (AvgIpc) is 2.94. The number of fused-ring (bicyclic) bond motifs is 1. The van der Waals surface area contributed by atoms with Gasteiger partial charge in [0, 0.05) is 11.9 Å². The number of para-hydroxylation sites is 1. The summed E-state index contributed by atoms with van der Waals surface area (Å²) in [6, 6.07) is 10.1. The van der Waals surface area contributed by atoms with Gasteiger partial charge in [-0.25, -0.2) is 9.78 Å². The van der Waals surface area contributed by atoms with Crippen LogP contribution in [0.1, 0.15) is 18.4 Å². The van der Waals surface area contributed by atoms with Crippen LogP contribution in [0.2, 0.25) is 0 Å². The molecule has 21 heavy (non-hydrogen) atoms. The highest BCUT2D eigenvalue weighted by molar-refractivity contribution is 5.81. The molecule has 0 aliphatic carbocycles. The van der Waals surface area contributed by atoms with E-state index in [0.29, 0.717) is 13.0 Å². The van der Waals surface area contributed by atoms with Crippen molar-refractivity contribution in [3.8, 4) is 0 Å². The van der Waals surface area contributed by atoms with Gasteiger partial charge in [0.05, 0.1) is 11.6 Å². The monoisotopic (exact) mass is 286 g/mol. The van der Waals surface area contributed by atoms with Gasteiger partial charge >= 0.3 is 5.97 Å². The summed E-state index contributed by atoms with van der Waals surface area (Å²) in [6.07, 6.45) is 0.601. The summed E-state index contributed by atoms with van der Waals surface area (Å²) in [7, 11) is 0. The fraction of sp³-hybridized carbons (Fsp3) is 0.375. The Morgan fingerprint density at radius 1 is 1.43 bits per heavy atom. The van der Waals surface area contributed by atoms with Crippen molar-refractivity contribution in [3.05, 3.63) is 35.9 Å². The normalized spacial score (nSPS) is 21.6. The number of pyridine rings is 1. The quantitative estimate of drug-likeness (QED) is 0.904. The van der Waals surface area contributed by atoms with Crippen molar-refractivity contribution in [2.45, 2.75) is 32.0 Å². The van der Waals surface area contributed by atoms with E-state index in [1.54, 1.807) is 0 Å². The predicted octanol–water partition coefficient (Wildman–Crippen LogP) is 2.59. The van der Waals surface area contributed by atoms with E-state index >= 15 is 0 Å². The summed E-state index contributed by atoms with van der Waals surface area (Å²) in [6.45, 7) is 2.59. The number of carboxylic acids is 1. The standard InChI is InChI=1S/C16H18N2O3/c1-10-8-11-4-2-3-5-13(11)18-15(10)17-9-12-6-7-14(21-12)16(19)20/h2-5,8,12,14H,6-7,9H2,1H3,(H,17,18)(H,19,20). The SMILES string of the molecule is Cc1cc2ccccc2nc1NCC1CCC(C(=O)O)O1. The molecule has 0 saturated carbocycles. The third-order valence-electron chi connectivity index (χ3n) is 3.79. The highest BCUT2D eigenvalue weighted by Gasteiger charge is 2.30. The molecular formula is C16H18N2O3. The summed E-state index contributed by atoms with van der Waals surface area (Å²) in [5.74, 6) is -0.0476. The number of nitrogens with zero attached hydrogens (tertiary/aromatic N) is 1. The van der Waals surface area contributed by atoms with E-state index in [1.165, 1.54) is 0 Å². The Balaban J connectivity index is 1.68. The van der Waals surface area contributed by atoms with Crippen LogP contribution in [0.5, 0.6) is 0 Å². The van der Waals surface area contributed by atoms with Crippen LogP contribution in [0, 0.1) is 6.92 Å². The van der Waals surface area contributed by atoms with Crippen LogP contribution in [0.15, 0.2) is 30.3 Å². The van der Waals surface area contributed by atoms with E-state index in [1.807, 2.05) is 31.2 Å². The van der Waals surface area contributed by atoms with Gasteiger partial charge in [-0.15, -0.1) is 0 Å². The Morgan fingerprint density at radius 3 is 3.00 bits per heavy atom. The lowest BCUT2D eigenvalue weighted by Crippen LogP contribution is -2.25. The molecule has 110 valence electrons. The number of carbonyl (C=O) groups is 1. The minimum Gasteiger partial charge on any atom is -0.479 e. The van der Waals surface area contributed by atoms with Gasteiger partial charge in [0.25, 0.3) is 0 Å². The van der Waals surface area contributed by atoms with Crippen LogP contribution in [-0.4, -0.2) is 34.8 Å². The molecule has 2 aromatic rings. The largest absolute Gasteiger partial charge is 0.479 e. The Kier molecular flexibility index (Phi) is 3.75. The molecule has 2 heterocycles. The number of aromatic nitrogens is 1. The molecule has 5 nitrogen and oxygen atoms in total. The molecule has 1 aliphatic rings. The van der Waals surface area contributed by atoms with Crippen molar-refractivity contribution in [3.63, 3.8) is 0 Å². The maximum atomic E-state index is 10.9. The molecule has 1 aromatic carbocycles. The highest BCUT2D eigenvalue weighted by Crippen LogP contribution is 2.22. The molecule has 0 amide bonds. The Bertz CT molecular complexity index is 672. The minimum atomic E-state index is -0.877. The van der Waals surface area contributed by atoms with Crippen molar-refractivity contribution in [2.75, 3.05) is 11.9 Å². The van der Waals surface area contributed by atoms with E-state index in [-0.39, 0.29) is 6.10 Å². The lowest BCUT2D eigenvalue weighted by molar-refractivity contribution is -0.149. The molecular weight excluding hydrogens is 268 g/mol. The lowest BCUT2D eigenvalue weighted by Gasteiger charge is -2.14. The van der Waals surface area contributed by atoms with E-state index in [0.717, 1.165) is 28.7 Å². The van der Waals surface area contributed by atoms with Gasteiger partial charge in [-0.3, -0.25) is 0 Å². The smallest absolute Gasteiger partial charge is 0.332 e. The number of benzene rings is 1. The van der Waals surface area contributed by atoms with Gasteiger partial charge in [-0.05, 0) is 37.5 Å². The Labute approximate surface area is 123 Å².